The number of carbonyl (C=O) groups excluding carboxylic acids is 1. The molecule has 1 saturated heterocycles. The van der Waals surface area contributed by atoms with E-state index in [1.807, 2.05) is 6.08 Å². The molecule has 24 heavy (non-hydrogen) atoms. The molecule has 0 aromatic heterocycles. The minimum absolute atomic E-state index is 0.117. The molecule has 0 radical (unpaired) electrons. The van der Waals surface area contributed by atoms with Crippen molar-refractivity contribution in [2.24, 2.45) is 5.92 Å². The molecule has 1 saturated carbocycles. The van der Waals surface area contributed by atoms with E-state index in [4.69, 9.17) is 9.31 Å². The number of allylic oxidation sites excluding steroid dienone is 1. The maximum absolute atomic E-state index is 11.3. The lowest BCUT2D eigenvalue weighted by Gasteiger charge is -2.32. The number of alkyl carbamates (subject to hydrolysis) is 1. The number of rotatable bonds is 5. The summed E-state index contributed by atoms with van der Waals surface area (Å²) in [5.41, 5.74) is -0.682. The normalized spacial score (nSPS) is 25.0. The summed E-state index contributed by atoms with van der Waals surface area (Å²) >= 11 is 0. The zero-order valence-corrected chi connectivity index (χ0v) is 15.8. The predicted octanol–water partition coefficient (Wildman–Crippen LogP) is 4.29. The molecule has 5 nitrogen and oxygen atoms in total. The van der Waals surface area contributed by atoms with Crippen LogP contribution >= 0.6 is 0 Å². The number of hydrogen-bond donors (Lipinski definition) is 1. The van der Waals surface area contributed by atoms with Crippen LogP contribution in [0.15, 0.2) is 12.3 Å². The van der Waals surface area contributed by atoms with Gasteiger partial charge in [-0.1, -0.05) is 38.2 Å². The Morgan fingerprint density at radius 3 is 2.33 bits per heavy atom. The van der Waals surface area contributed by atoms with Crippen molar-refractivity contribution >= 4 is 13.2 Å². The van der Waals surface area contributed by atoms with Gasteiger partial charge in [-0.2, -0.15) is 0 Å². The highest BCUT2D eigenvalue weighted by Crippen LogP contribution is 2.43. The highest BCUT2D eigenvalue weighted by molar-refractivity contribution is 6.48. The Hall–Kier alpha value is -1.01. The molecule has 1 aliphatic carbocycles. The van der Waals surface area contributed by atoms with Crippen molar-refractivity contribution in [3.05, 3.63) is 12.3 Å². The molecular weight excluding hydrogens is 305 g/mol. The van der Waals surface area contributed by atoms with E-state index < -0.39 is 6.09 Å². The minimum atomic E-state index is -0.461. The van der Waals surface area contributed by atoms with E-state index in [2.05, 4.69) is 37.7 Å². The highest BCUT2D eigenvalue weighted by atomic mass is 16.7. The predicted molar refractivity (Wildman–Crippen MR) is 95.7 cm³/mol. The molecule has 1 aliphatic heterocycles. The molecule has 0 spiro atoms. The maximum atomic E-state index is 11.3. The van der Waals surface area contributed by atoms with Gasteiger partial charge in [-0.25, -0.2) is 4.79 Å². The van der Waals surface area contributed by atoms with E-state index in [0.717, 1.165) is 6.42 Å². The monoisotopic (exact) mass is 337 g/mol. The van der Waals surface area contributed by atoms with Gasteiger partial charge in [0.2, 0.25) is 0 Å². The topological polar surface area (TPSA) is 56.8 Å². The van der Waals surface area contributed by atoms with Gasteiger partial charge in [-0.05, 0) is 40.0 Å². The fraction of sp³-hybridized carbons (Fsp3) is 0.833. The summed E-state index contributed by atoms with van der Waals surface area (Å²) in [6.07, 6.45) is 10.7. The van der Waals surface area contributed by atoms with Crippen LogP contribution < -0.4 is 5.32 Å². The van der Waals surface area contributed by atoms with Crippen molar-refractivity contribution in [2.75, 3.05) is 7.11 Å². The maximum Gasteiger partial charge on any atom is 0.465 e. The standard InChI is InChI=1S/C18H32BNO4/c1-17(2)18(3,4)24-19(23-17)15(11-12-20-16(21)22-5)13-14-9-7-6-8-10-14/h11-12,14-15H,6-10,13H2,1-5H3,(H,20,21)/b12-11+. The largest absolute Gasteiger partial charge is 0.465 e. The molecule has 1 amide bonds. The summed E-state index contributed by atoms with van der Waals surface area (Å²) in [4.78, 5) is 11.3. The van der Waals surface area contributed by atoms with Crippen molar-refractivity contribution in [3.63, 3.8) is 0 Å². The van der Waals surface area contributed by atoms with Crippen LogP contribution in [-0.4, -0.2) is 31.5 Å². The zero-order chi connectivity index (χ0) is 17.8. The number of nitrogens with one attached hydrogen (secondary N) is 1. The summed E-state index contributed by atoms with van der Waals surface area (Å²) in [5, 5.41) is 2.61. The van der Waals surface area contributed by atoms with Crippen LogP contribution in [0.5, 0.6) is 0 Å². The Labute approximate surface area is 146 Å². The van der Waals surface area contributed by atoms with Crippen LogP contribution in [0.3, 0.4) is 0 Å². The van der Waals surface area contributed by atoms with Crippen molar-refractivity contribution < 1.29 is 18.8 Å². The average molecular weight is 337 g/mol. The van der Waals surface area contributed by atoms with Crippen molar-refractivity contribution in [3.8, 4) is 0 Å². The molecule has 0 bridgehead atoms. The molecule has 2 fully saturated rings. The summed E-state index contributed by atoms with van der Waals surface area (Å²) in [7, 11) is 1.07. The molecular formula is C18H32BNO4. The summed E-state index contributed by atoms with van der Waals surface area (Å²) in [6.45, 7) is 8.28. The fourth-order valence-electron chi connectivity index (χ4n) is 3.45. The molecule has 2 rings (SSSR count). The third kappa shape index (κ3) is 4.76. The smallest absolute Gasteiger partial charge is 0.453 e. The SMILES string of the molecule is COC(=O)N/C=C/C(CC1CCCCC1)B1OC(C)(C)C(C)(C)O1. The molecule has 6 heteroatoms. The highest BCUT2D eigenvalue weighted by Gasteiger charge is 2.53. The number of amides is 1. The minimum Gasteiger partial charge on any atom is -0.453 e. The van der Waals surface area contributed by atoms with Crippen LogP contribution in [0.25, 0.3) is 0 Å². The second kappa shape index (κ2) is 7.92. The van der Waals surface area contributed by atoms with E-state index in [0.29, 0.717) is 5.92 Å². The lowest BCUT2D eigenvalue weighted by molar-refractivity contribution is 0.00578. The van der Waals surface area contributed by atoms with Gasteiger partial charge in [0.15, 0.2) is 0 Å². The molecule has 0 aromatic carbocycles. The number of methoxy groups -OCH3 is 1. The number of ether oxygens (including phenoxy) is 1. The first-order valence-corrected chi connectivity index (χ1v) is 9.12. The summed E-state index contributed by atoms with van der Waals surface area (Å²) < 4.78 is 17.1. The van der Waals surface area contributed by atoms with Crippen molar-refractivity contribution in [1.82, 2.24) is 5.32 Å². The number of hydrogen-bond acceptors (Lipinski definition) is 4. The van der Waals surface area contributed by atoms with Crippen LogP contribution in [0.1, 0.15) is 66.2 Å². The molecule has 136 valence electrons. The Balaban J connectivity index is 2.05. The lowest BCUT2D eigenvalue weighted by Crippen LogP contribution is -2.41. The van der Waals surface area contributed by atoms with E-state index in [1.54, 1.807) is 6.20 Å². The van der Waals surface area contributed by atoms with Crippen molar-refractivity contribution in [2.45, 2.75) is 83.2 Å². The fourth-order valence-corrected chi connectivity index (χ4v) is 3.45. The molecule has 1 N–H and O–H groups in total. The van der Waals surface area contributed by atoms with E-state index >= 15 is 0 Å². The first-order chi connectivity index (χ1) is 11.2. The quantitative estimate of drug-likeness (QED) is 0.761. The third-order valence-corrected chi connectivity index (χ3v) is 5.68. The van der Waals surface area contributed by atoms with E-state index in [1.165, 1.54) is 39.2 Å². The van der Waals surface area contributed by atoms with Gasteiger partial charge in [-0.15, -0.1) is 0 Å². The Bertz CT molecular complexity index is 442. The average Bonchev–Trinajstić information content (AvgIpc) is 2.75. The first kappa shape index (κ1) is 19.3. The first-order valence-electron chi connectivity index (χ1n) is 9.12. The summed E-state index contributed by atoms with van der Waals surface area (Å²) in [6, 6.07) is 0. The van der Waals surface area contributed by atoms with Gasteiger partial charge < -0.3 is 14.0 Å². The second-order valence-electron chi connectivity index (χ2n) is 8.02. The van der Waals surface area contributed by atoms with Gasteiger partial charge in [0.1, 0.15) is 0 Å². The molecule has 0 aromatic rings. The molecule has 1 heterocycles. The molecule has 1 atom stereocenters. The molecule has 1 unspecified atom stereocenters. The van der Waals surface area contributed by atoms with Gasteiger partial charge in [-0.3, -0.25) is 5.32 Å². The second-order valence-corrected chi connectivity index (χ2v) is 8.02. The van der Waals surface area contributed by atoms with Gasteiger partial charge >= 0.3 is 13.2 Å². The van der Waals surface area contributed by atoms with Crippen molar-refractivity contribution in [1.29, 1.82) is 0 Å². The zero-order valence-electron chi connectivity index (χ0n) is 15.8. The Kier molecular flexibility index (Phi) is 6.37. The van der Waals surface area contributed by atoms with Gasteiger partial charge in [0.05, 0.1) is 18.3 Å². The summed E-state index contributed by atoms with van der Waals surface area (Å²) in [5.74, 6) is 0.817. The van der Waals surface area contributed by atoms with Crippen LogP contribution in [0, 0.1) is 5.92 Å². The van der Waals surface area contributed by atoms with Crippen LogP contribution in [0.2, 0.25) is 5.82 Å². The molecule has 2 aliphatic rings. The van der Waals surface area contributed by atoms with Crippen LogP contribution in [-0.2, 0) is 14.0 Å². The third-order valence-electron chi connectivity index (χ3n) is 5.68. The Morgan fingerprint density at radius 2 is 1.79 bits per heavy atom. The van der Waals surface area contributed by atoms with E-state index in [9.17, 15) is 4.79 Å². The number of carbonyl (C=O) groups is 1. The van der Waals surface area contributed by atoms with Gasteiger partial charge in [0.25, 0.3) is 0 Å². The lowest BCUT2D eigenvalue weighted by atomic mass is 9.66. The Morgan fingerprint density at radius 1 is 1.21 bits per heavy atom. The van der Waals surface area contributed by atoms with Gasteiger partial charge in [0, 0.05) is 12.0 Å². The van der Waals surface area contributed by atoms with E-state index in [-0.39, 0.29) is 24.1 Å². The van der Waals surface area contributed by atoms with Crippen LogP contribution in [0.4, 0.5) is 4.79 Å².